The number of alkyl carbamates (subject to hydrolysis) is 1. The molecule has 2 atom stereocenters. The summed E-state index contributed by atoms with van der Waals surface area (Å²) < 4.78 is 5.50. The largest absolute Gasteiger partial charge is 0.444 e. The van der Waals surface area contributed by atoms with Gasteiger partial charge in [-0.25, -0.2) is 4.79 Å². The van der Waals surface area contributed by atoms with Gasteiger partial charge in [-0.05, 0) is 69.7 Å². The number of benzene rings is 2. The number of amides is 3. The van der Waals surface area contributed by atoms with Gasteiger partial charge in [0.1, 0.15) is 17.7 Å². The standard InChI is InChI=1S/C33H45N3O4/c1-7-20-36(31(38)28(22-25-14-10-8-11-15-25)35-32(39)40-33(4,5)6)29(26-19-18-23(2)24(3)21-26)30(37)34-27-16-12-9-13-17-27/h7-8,10-11,14-15,18-19,21,27-29H,1,9,12-13,16-17,20,22H2,2-6H3,(H,34,37)(H,35,39). The molecule has 1 saturated carbocycles. The van der Waals surface area contributed by atoms with Crippen LogP contribution >= 0.6 is 0 Å². The smallest absolute Gasteiger partial charge is 0.408 e. The summed E-state index contributed by atoms with van der Waals surface area (Å²) in [6, 6.07) is 13.6. The zero-order valence-corrected chi connectivity index (χ0v) is 24.7. The molecule has 0 spiro atoms. The molecule has 2 aromatic rings. The van der Waals surface area contributed by atoms with Gasteiger partial charge in [-0.2, -0.15) is 0 Å². The number of carbonyl (C=O) groups excluding carboxylic acids is 3. The van der Waals surface area contributed by atoms with Crippen molar-refractivity contribution >= 4 is 17.9 Å². The van der Waals surface area contributed by atoms with E-state index < -0.39 is 23.8 Å². The first-order valence-corrected chi connectivity index (χ1v) is 14.3. The summed E-state index contributed by atoms with van der Waals surface area (Å²) >= 11 is 0. The van der Waals surface area contributed by atoms with Gasteiger partial charge in [0, 0.05) is 19.0 Å². The van der Waals surface area contributed by atoms with E-state index in [1.54, 1.807) is 26.8 Å². The Balaban J connectivity index is 2.00. The molecule has 1 aliphatic carbocycles. The van der Waals surface area contributed by atoms with Gasteiger partial charge in [-0.15, -0.1) is 6.58 Å². The lowest BCUT2D eigenvalue weighted by atomic mass is 9.94. The molecule has 2 unspecified atom stereocenters. The molecule has 2 N–H and O–H groups in total. The molecular formula is C33H45N3O4. The molecule has 0 heterocycles. The van der Waals surface area contributed by atoms with Gasteiger partial charge >= 0.3 is 6.09 Å². The molecule has 0 aliphatic heterocycles. The van der Waals surface area contributed by atoms with Gasteiger partial charge in [0.15, 0.2) is 0 Å². The van der Waals surface area contributed by atoms with E-state index >= 15 is 0 Å². The van der Waals surface area contributed by atoms with Crippen LogP contribution in [0.25, 0.3) is 0 Å². The van der Waals surface area contributed by atoms with Crippen molar-refractivity contribution in [3.05, 3.63) is 83.4 Å². The van der Waals surface area contributed by atoms with Crippen molar-refractivity contribution in [3.8, 4) is 0 Å². The summed E-state index contributed by atoms with van der Waals surface area (Å²) in [6.45, 7) is 13.4. The van der Waals surface area contributed by atoms with Crippen molar-refractivity contribution in [1.82, 2.24) is 15.5 Å². The summed E-state index contributed by atoms with van der Waals surface area (Å²) in [5.41, 5.74) is 3.01. The highest BCUT2D eigenvalue weighted by molar-refractivity contribution is 5.92. The number of rotatable bonds is 10. The summed E-state index contributed by atoms with van der Waals surface area (Å²) in [7, 11) is 0. The molecule has 0 saturated heterocycles. The first kappa shape index (κ1) is 30.9. The van der Waals surface area contributed by atoms with Crippen LogP contribution in [0.5, 0.6) is 0 Å². The number of hydrogen-bond acceptors (Lipinski definition) is 4. The third-order valence-corrected chi connectivity index (χ3v) is 7.24. The zero-order valence-electron chi connectivity index (χ0n) is 24.7. The van der Waals surface area contributed by atoms with E-state index in [1.807, 2.05) is 62.4 Å². The lowest BCUT2D eigenvalue weighted by Gasteiger charge is -2.35. The third-order valence-electron chi connectivity index (χ3n) is 7.24. The van der Waals surface area contributed by atoms with Crippen LogP contribution in [0.15, 0.2) is 61.2 Å². The molecule has 3 rings (SSSR count). The third kappa shape index (κ3) is 8.97. The Bertz CT molecular complexity index is 1170. The second kappa shape index (κ2) is 14.1. The first-order valence-electron chi connectivity index (χ1n) is 14.3. The van der Waals surface area contributed by atoms with Crippen LogP contribution in [0.4, 0.5) is 4.79 Å². The quantitative estimate of drug-likeness (QED) is 0.360. The molecule has 2 aromatic carbocycles. The molecule has 7 heteroatoms. The Kier molecular flexibility index (Phi) is 10.9. The van der Waals surface area contributed by atoms with Crippen LogP contribution in [0.2, 0.25) is 0 Å². The summed E-state index contributed by atoms with van der Waals surface area (Å²) in [5, 5.41) is 6.02. The van der Waals surface area contributed by atoms with E-state index in [0.717, 1.165) is 47.9 Å². The normalized spacial score (nSPS) is 15.4. The second-order valence-electron chi connectivity index (χ2n) is 11.8. The topological polar surface area (TPSA) is 87.7 Å². The molecular weight excluding hydrogens is 502 g/mol. The number of carbonyl (C=O) groups is 3. The Morgan fingerprint density at radius 3 is 2.30 bits per heavy atom. The van der Waals surface area contributed by atoms with Crippen molar-refractivity contribution < 1.29 is 19.1 Å². The molecule has 1 aliphatic rings. The fraction of sp³-hybridized carbons (Fsp3) is 0.485. The van der Waals surface area contributed by atoms with E-state index in [9.17, 15) is 14.4 Å². The molecule has 1 fully saturated rings. The average Bonchev–Trinajstić information content (AvgIpc) is 2.89. The van der Waals surface area contributed by atoms with Crippen molar-refractivity contribution in [2.75, 3.05) is 6.54 Å². The monoisotopic (exact) mass is 547 g/mol. The SMILES string of the molecule is C=CCN(C(=O)C(Cc1ccccc1)NC(=O)OC(C)(C)C)C(C(=O)NC1CCCCC1)c1ccc(C)c(C)c1. The van der Waals surface area contributed by atoms with Crippen LogP contribution < -0.4 is 10.6 Å². The number of nitrogens with one attached hydrogen (secondary N) is 2. The Labute approximate surface area is 239 Å². The number of hydrogen-bond donors (Lipinski definition) is 2. The van der Waals surface area contributed by atoms with E-state index in [4.69, 9.17) is 4.74 Å². The summed E-state index contributed by atoms with van der Waals surface area (Å²) in [4.78, 5) is 42.7. The lowest BCUT2D eigenvalue weighted by Crippen LogP contribution is -2.54. The Morgan fingerprint density at radius 1 is 1.02 bits per heavy atom. The second-order valence-corrected chi connectivity index (χ2v) is 11.8. The number of aryl methyl sites for hydroxylation is 2. The Hall–Kier alpha value is -3.61. The molecule has 3 amide bonds. The highest BCUT2D eigenvalue weighted by Crippen LogP contribution is 2.27. The zero-order chi connectivity index (χ0) is 29.3. The van der Waals surface area contributed by atoms with Gasteiger partial charge in [0.2, 0.25) is 11.8 Å². The predicted octanol–water partition coefficient (Wildman–Crippen LogP) is 5.94. The van der Waals surface area contributed by atoms with E-state index in [-0.39, 0.29) is 30.8 Å². The van der Waals surface area contributed by atoms with Gasteiger partial charge in [-0.1, -0.05) is 73.9 Å². The van der Waals surface area contributed by atoms with Gasteiger partial charge in [0.25, 0.3) is 0 Å². The van der Waals surface area contributed by atoms with Crippen LogP contribution in [0.3, 0.4) is 0 Å². The van der Waals surface area contributed by atoms with Gasteiger partial charge < -0.3 is 20.3 Å². The van der Waals surface area contributed by atoms with Crippen LogP contribution in [0.1, 0.15) is 81.2 Å². The minimum absolute atomic E-state index is 0.0796. The van der Waals surface area contributed by atoms with Crippen molar-refractivity contribution in [1.29, 1.82) is 0 Å². The molecule has 0 radical (unpaired) electrons. The molecule has 40 heavy (non-hydrogen) atoms. The van der Waals surface area contributed by atoms with Crippen molar-refractivity contribution in [2.24, 2.45) is 0 Å². The van der Waals surface area contributed by atoms with E-state index in [2.05, 4.69) is 17.2 Å². The number of ether oxygens (including phenoxy) is 1. The molecule has 7 nitrogen and oxygen atoms in total. The lowest BCUT2D eigenvalue weighted by molar-refractivity contribution is -0.142. The highest BCUT2D eigenvalue weighted by atomic mass is 16.6. The van der Waals surface area contributed by atoms with Crippen LogP contribution in [-0.4, -0.2) is 47.0 Å². The van der Waals surface area contributed by atoms with Gasteiger partial charge in [-0.3, -0.25) is 9.59 Å². The average molecular weight is 548 g/mol. The summed E-state index contributed by atoms with van der Waals surface area (Å²) in [5.74, 6) is -0.599. The highest BCUT2D eigenvalue weighted by Gasteiger charge is 2.36. The van der Waals surface area contributed by atoms with Crippen LogP contribution in [0, 0.1) is 13.8 Å². The van der Waals surface area contributed by atoms with E-state index in [0.29, 0.717) is 0 Å². The predicted molar refractivity (Wildman–Crippen MR) is 159 cm³/mol. The summed E-state index contributed by atoms with van der Waals surface area (Å²) in [6.07, 6.45) is 6.36. The van der Waals surface area contributed by atoms with E-state index in [1.165, 1.54) is 11.3 Å². The minimum atomic E-state index is -0.950. The maximum Gasteiger partial charge on any atom is 0.408 e. The molecule has 216 valence electrons. The fourth-order valence-corrected chi connectivity index (χ4v) is 5.10. The maximum absolute atomic E-state index is 14.3. The first-order chi connectivity index (χ1) is 19.0. The number of nitrogens with zero attached hydrogens (tertiary/aromatic N) is 1. The van der Waals surface area contributed by atoms with Crippen LogP contribution in [-0.2, 0) is 20.7 Å². The Morgan fingerprint density at radius 2 is 1.70 bits per heavy atom. The molecule has 0 aromatic heterocycles. The van der Waals surface area contributed by atoms with Gasteiger partial charge in [0.05, 0.1) is 0 Å². The molecule has 0 bridgehead atoms. The maximum atomic E-state index is 14.3. The van der Waals surface area contributed by atoms with Crippen molar-refractivity contribution in [3.63, 3.8) is 0 Å². The fourth-order valence-electron chi connectivity index (χ4n) is 5.10. The minimum Gasteiger partial charge on any atom is -0.444 e. The van der Waals surface area contributed by atoms with Crippen molar-refractivity contribution in [2.45, 2.75) is 96.9 Å².